The van der Waals surface area contributed by atoms with E-state index >= 15 is 0 Å². The van der Waals surface area contributed by atoms with Crippen molar-refractivity contribution < 1.29 is 0 Å². The second-order valence-electron chi connectivity index (χ2n) is 5.16. The Balaban J connectivity index is 2.40. The lowest BCUT2D eigenvalue weighted by atomic mass is 10.0. The molecule has 0 atom stereocenters. The van der Waals surface area contributed by atoms with Crippen LogP contribution in [0.5, 0.6) is 0 Å². The van der Waals surface area contributed by atoms with Crippen LogP contribution in [-0.4, -0.2) is 30.9 Å². The van der Waals surface area contributed by atoms with Crippen LogP contribution >= 0.6 is 11.6 Å². The van der Waals surface area contributed by atoms with Gasteiger partial charge in [0.1, 0.15) is 0 Å². The van der Waals surface area contributed by atoms with Crippen molar-refractivity contribution in [2.75, 3.05) is 26.0 Å². The molecule has 0 fully saturated rings. The van der Waals surface area contributed by atoms with Gasteiger partial charge >= 0.3 is 0 Å². The second kappa shape index (κ2) is 7.73. The molecule has 0 bridgehead atoms. The molecule has 0 aliphatic rings. The fraction of sp³-hybridized carbons (Fsp3) is 0.600. The molecule has 0 spiro atoms. The molecule has 0 saturated heterocycles. The Hall–Kier alpha value is -0.530. The molecular weight excluding hydrogens is 230 g/mol. The molecule has 0 saturated carbocycles. The maximum absolute atomic E-state index is 5.71. The number of alkyl halides is 1. The molecule has 0 aromatic heterocycles. The van der Waals surface area contributed by atoms with Crippen LogP contribution in [0.25, 0.3) is 0 Å². The van der Waals surface area contributed by atoms with Gasteiger partial charge in [-0.05, 0) is 36.9 Å². The quantitative estimate of drug-likeness (QED) is 0.672. The summed E-state index contributed by atoms with van der Waals surface area (Å²) in [5.74, 6) is 1.44. The molecule has 0 radical (unpaired) electrons. The van der Waals surface area contributed by atoms with E-state index in [1.54, 1.807) is 0 Å². The van der Waals surface area contributed by atoms with Gasteiger partial charge in [-0.25, -0.2) is 0 Å². The van der Waals surface area contributed by atoms with Gasteiger partial charge in [-0.2, -0.15) is 0 Å². The minimum Gasteiger partial charge on any atom is -0.305 e. The summed E-state index contributed by atoms with van der Waals surface area (Å²) >= 11 is 5.71. The van der Waals surface area contributed by atoms with Gasteiger partial charge < -0.3 is 4.90 Å². The average molecular weight is 254 g/mol. The number of benzene rings is 1. The molecule has 1 rings (SSSR count). The first kappa shape index (κ1) is 14.5. The highest BCUT2D eigenvalue weighted by molar-refractivity contribution is 6.18. The zero-order chi connectivity index (χ0) is 12.7. The van der Waals surface area contributed by atoms with E-state index in [2.05, 4.69) is 50.1 Å². The molecule has 0 unspecified atom stereocenters. The van der Waals surface area contributed by atoms with Crippen molar-refractivity contribution in [2.45, 2.75) is 26.7 Å². The van der Waals surface area contributed by atoms with Gasteiger partial charge in [0.2, 0.25) is 0 Å². The summed E-state index contributed by atoms with van der Waals surface area (Å²) in [4.78, 5) is 2.27. The number of nitrogens with zero attached hydrogens (tertiary/aromatic N) is 1. The predicted molar refractivity (Wildman–Crippen MR) is 76.9 cm³/mol. The minimum absolute atomic E-state index is 0.712. The highest BCUT2D eigenvalue weighted by atomic mass is 35.5. The molecule has 17 heavy (non-hydrogen) atoms. The lowest BCUT2D eigenvalue weighted by molar-refractivity contribution is 0.359. The first-order chi connectivity index (χ1) is 8.11. The highest BCUT2D eigenvalue weighted by Gasteiger charge is 2.00. The molecule has 1 aromatic carbocycles. The van der Waals surface area contributed by atoms with Gasteiger partial charge in [-0.1, -0.05) is 38.1 Å². The van der Waals surface area contributed by atoms with E-state index in [4.69, 9.17) is 11.6 Å². The zero-order valence-electron chi connectivity index (χ0n) is 11.2. The van der Waals surface area contributed by atoms with E-state index in [1.165, 1.54) is 17.5 Å². The van der Waals surface area contributed by atoms with Crippen LogP contribution in [0.3, 0.4) is 0 Å². The minimum atomic E-state index is 0.712. The third kappa shape index (κ3) is 6.09. The van der Waals surface area contributed by atoms with Gasteiger partial charge in [0.25, 0.3) is 0 Å². The fourth-order valence-corrected chi connectivity index (χ4v) is 2.18. The van der Waals surface area contributed by atoms with E-state index in [-0.39, 0.29) is 0 Å². The number of hydrogen-bond donors (Lipinski definition) is 0. The van der Waals surface area contributed by atoms with Crippen LogP contribution in [0, 0.1) is 5.92 Å². The predicted octanol–water partition coefficient (Wildman–Crippen LogP) is 3.60. The standard InChI is InChI=1S/C15H24ClN/c1-13(2)12-15-6-4-14(5-7-15)8-10-17(3)11-9-16/h4-7,13H,8-12H2,1-3H3. The number of rotatable bonds is 7. The monoisotopic (exact) mass is 253 g/mol. The van der Waals surface area contributed by atoms with Crippen LogP contribution in [-0.2, 0) is 12.8 Å². The molecule has 2 heteroatoms. The summed E-state index contributed by atoms with van der Waals surface area (Å²) < 4.78 is 0. The molecule has 0 heterocycles. The Morgan fingerprint density at radius 1 is 1.06 bits per heavy atom. The number of hydrogen-bond acceptors (Lipinski definition) is 1. The van der Waals surface area contributed by atoms with Crippen molar-refractivity contribution >= 4 is 11.6 Å². The average Bonchev–Trinajstić information content (AvgIpc) is 2.28. The van der Waals surface area contributed by atoms with Crippen molar-refractivity contribution in [1.82, 2.24) is 4.90 Å². The molecule has 1 aromatic rings. The van der Waals surface area contributed by atoms with E-state index < -0.39 is 0 Å². The van der Waals surface area contributed by atoms with Crippen LogP contribution in [0.4, 0.5) is 0 Å². The Morgan fingerprint density at radius 2 is 1.65 bits per heavy atom. The number of halogens is 1. The van der Waals surface area contributed by atoms with Crippen LogP contribution in [0.2, 0.25) is 0 Å². The summed E-state index contributed by atoms with van der Waals surface area (Å²) in [6.07, 6.45) is 2.28. The molecule has 0 aliphatic carbocycles. The van der Waals surface area contributed by atoms with Gasteiger partial charge in [-0.15, -0.1) is 11.6 Å². The third-order valence-electron chi connectivity index (χ3n) is 2.92. The first-order valence-electron chi connectivity index (χ1n) is 6.44. The van der Waals surface area contributed by atoms with Crippen molar-refractivity contribution in [3.63, 3.8) is 0 Å². The summed E-state index contributed by atoms with van der Waals surface area (Å²) in [6.45, 7) is 6.56. The maximum Gasteiger partial charge on any atom is 0.0351 e. The summed E-state index contributed by atoms with van der Waals surface area (Å²) in [7, 11) is 2.12. The summed E-state index contributed by atoms with van der Waals surface area (Å²) in [5.41, 5.74) is 2.86. The second-order valence-corrected chi connectivity index (χ2v) is 5.53. The summed E-state index contributed by atoms with van der Waals surface area (Å²) in [6, 6.07) is 9.03. The van der Waals surface area contributed by atoms with Gasteiger partial charge in [0.15, 0.2) is 0 Å². The molecule has 96 valence electrons. The van der Waals surface area contributed by atoms with Gasteiger partial charge in [-0.3, -0.25) is 0 Å². The Labute approximate surface area is 111 Å². The maximum atomic E-state index is 5.71. The first-order valence-corrected chi connectivity index (χ1v) is 6.97. The topological polar surface area (TPSA) is 3.24 Å². The lowest BCUT2D eigenvalue weighted by Gasteiger charge is -2.14. The van der Waals surface area contributed by atoms with Crippen LogP contribution < -0.4 is 0 Å². The molecule has 0 amide bonds. The Bertz CT molecular complexity index is 305. The van der Waals surface area contributed by atoms with Crippen molar-refractivity contribution in [1.29, 1.82) is 0 Å². The SMILES string of the molecule is CC(C)Cc1ccc(CCN(C)CCCl)cc1. The lowest BCUT2D eigenvalue weighted by Crippen LogP contribution is -2.23. The van der Waals surface area contributed by atoms with E-state index in [0.29, 0.717) is 5.88 Å². The van der Waals surface area contributed by atoms with Crippen molar-refractivity contribution in [3.05, 3.63) is 35.4 Å². The van der Waals surface area contributed by atoms with E-state index in [0.717, 1.165) is 25.4 Å². The third-order valence-corrected chi connectivity index (χ3v) is 3.08. The molecule has 0 N–H and O–H groups in total. The Morgan fingerprint density at radius 3 is 2.18 bits per heavy atom. The fourth-order valence-electron chi connectivity index (χ4n) is 1.89. The van der Waals surface area contributed by atoms with Crippen molar-refractivity contribution in [2.24, 2.45) is 5.92 Å². The zero-order valence-corrected chi connectivity index (χ0v) is 12.0. The van der Waals surface area contributed by atoms with Gasteiger partial charge in [0, 0.05) is 19.0 Å². The molecular formula is C15H24ClN. The smallest absolute Gasteiger partial charge is 0.0351 e. The largest absolute Gasteiger partial charge is 0.305 e. The van der Waals surface area contributed by atoms with Crippen molar-refractivity contribution in [3.8, 4) is 0 Å². The van der Waals surface area contributed by atoms with Gasteiger partial charge in [0.05, 0.1) is 0 Å². The molecule has 0 aliphatic heterocycles. The van der Waals surface area contributed by atoms with Crippen LogP contribution in [0.1, 0.15) is 25.0 Å². The normalized spacial score (nSPS) is 11.4. The van der Waals surface area contributed by atoms with Crippen LogP contribution in [0.15, 0.2) is 24.3 Å². The van der Waals surface area contributed by atoms with E-state index in [1.807, 2.05) is 0 Å². The number of likely N-dealkylation sites (N-methyl/N-ethyl adjacent to an activating group) is 1. The molecule has 1 nitrogen and oxygen atoms in total. The summed E-state index contributed by atoms with van der Waals surface area (Å²) in [5, 5.41) is 0. The highest BCUT2D eigenvalue weighted by Crippen LogP contribution is 2.10. The Kier molecular flexibility index (Phi) is 6.61. The van der Waals surface area contributed by atoms with E-state index in [9.17, 15) is 0 Å².